The van der Waals surface area contributed by atoms with Crippen LogP contribution in [-0.4, -0.2) is 34.6 Å². The molecule has 0 radical (unpaired) electrons. The van der Waals surface area contributed by atoms with Crippen LogP contribution in [0.25, 0.3) is 21.8 Å². The van der Waals surface area contributed by atoms with E-state index in [0.29, 0.717) is 22.2 Å². The predicted molar refractivity (Wildman–Crippen MR) is 110 cm³/mol. The lowest BCUT2D eigenvalue weighted by molar-refractivity contribution is 0.0514. The smallest absolute Gasteiger partial charge is 0.357 e. The Morgan fingerprint density at radius 1 is 1.10 bits per heavy atom. The second kappa shape index (κ2) is 8.06. The van der Waals surface area contributed by atoms with Gasteiger partial charge in [-0.3, -0.25) is 0 Å². The Kier molecular flexibility index (Phi) is 5.33. The maximum Gasteiger partial charge on any atom is 0.357 e. The molecule has 0 spiro atoms. The molecule has 8 heteroatoms. The zero-order valence-electron chi connectivity index (χ0n) is 15.9. The summed E-state index contributed by atoms with van der Waals surface area (Å²) in [6.45, 7) is 2.21. The average Bonchev–Trinajstić information content (AvgIpc) is 3.10. The summed E-state index contributed by atoms with van der Waals surface area (Å²) in [4.78, 5) is 24.3. The van der Waals surface area contributed by atoms with Crippen LogP contribution in [0.3, 0.4) is 0 Å². The van der Waals surface area contributed by atoms with Crippen LogP contribution >= 0.6 is 11.6 Å². The molecule has 148 valence electrons. The number of carbonyl (C=O) groups is 1. The third-order valence-corrected chi connectivity index (χ3v) is 4.62. The van der Waals surface area contributed by atoms with Gasteiger partial charge < -0.3 is 19.2 Å². The summed E-state index contributed by atoms with van der Waals surface area (Å²) < 4.78 is 16.6. The highest BCUT2D eigenvalue weighted by atomic mass is 35.5. The number of rotatable bonds is 6. The first-order valence-corrected chi connectivity index (χ1v) is 9.38. The van der Waals surface area contributed by atoms with Gasteiger partial charge in [-0.15, -0.1) is 0 Å². The van der Waals surface area contributed by atoms with Gasteiger partial charge in [0.05, 0.1) is 40.9 Å². The molecule has 0 fully saturated rings. The van der Waals surface area contributed by atoms with Gasteiger partial charge in [-0.1, -0.05) is 17.7 Å². The zero-order chi connectivity index (χ0) is 20.4. The van der Waals surface area contributed by atoms with E-state index in [1.54, 1.807) is 32.4 Å². The molecular formula is C21H18ClN3O4. The van der Waals surface area contributed by atoms with Crippen molar-refractivity contribution in [1.82, 2.24) is 15.0 Å². The number of hydrogen-bond donors (Lipinski definition) is 1. The van der Waals surface area contributed by atoms with Crippen molar-refractivity contribution in [3.63, 3.8) is 0 Å². The van der Waals surface area contributed by atoms with Crippen LogP contribution in [0.2, 0.25) is 5.02 Å². The molecule has 4 rings (SSSR count). The van der Waals surface area contributed by atoms with E-state index in [2.05, 4.69) is 15.0 Å². The molecule has 0 unspecified atom stereocenters. The van der Waals surface area contributed by atoms with Crippen LogP contribution in [0.4, 0.5) is 0 Å². The molecule has 0 aliphatic rings. The molecule has 1 N–H and O–H groups in total. The fourth-order valence-corrected chi connectivity index (χ4v) is 3.36. The van der Waals surface area contributed by atoms with E-state index < -0.39 is 5.97 Å². The summed E-state index contributed by atoms with van der Waals surface area (Å²) in [6.07, 6.45) is 3.14. The molecule has 1 aromatic carbocycles. The minimum atomic E-state index is -0.492. The van der Waals surface area contributed by atoms with E-state index in [-0.39, 0.29) is 18.9 Å². The summed E-state index contributed by atoms with van der Waals surface area (Å²) in [6, 6.07) is 9.04. The molecular weight excluding hydrogens is 394 g/mol. The Balaban J connectivity index is 1.94. The zero-order valence-corrected chi connectivity index (χ0v) is 16.6. The van der Waals surface area contributed by atoms with Gasteiger partial charge in [-0.25, -0.2) is 14.8 Å². The van der Waals surface area contributed by atoms with Crippen molar-refractivity contribution in [3.05, 3.63) is 59.0 Å². The molecule has 0 bridgehead atoms. The second-order valence-electron chi connectivity index (χ2n) is 6.25. The first kappa shape index (κ1) is 19.2. The minimum Gasteiger partial charge on any atom is -0.461 e. The molecule has 0 aliphatic carbocycles. The van der Waals surface area contributed by atoms with E-state index in [4.69, 9.17) is 25.8 Å². The van der Waals surface area contributed by atoms with Gasteiger partial charge in [0.25, 0.3) is 0 Å². The predicted octanol–water partition coefficient (Wildman–Crippen LogP) is 4.88. The third-order valence-electron chi connectivity index (χ3n) is 4.40. The minimum absolute atomic E-state index is 0.193. The van der Waals surface area contributed by atoms with E-state index in [1.165, 1.54) is 6.20 Å². The molecule has 0 amide bonds. The Bertz CT molecular complexity index is 1190. The number of esters is 1. The molecule has 0 atom stereocenters. The Morgan fingerprint density at radius 2 is 1.97 bits per heavy atom. The van der Waals surface area contributed by atoms with Gasteiger partial charge in [0.2, 0.25) is 5.88 Å². The number of halogens is 1. The van der Waals surface area contributed by atoms with Gasteiger partial charge in [-0.05, 0) is 25.1 Å². The molecule has 0 saturated heterocycles. The average molecular weight is 412 g/mol. The van der Waals surface area contributed by atoms with Crippen LogP contribution in [0.1, 0.15) is 23.0 Å². The van der Waals surface area contributed by atoms with Crippen molar-refractivity contribution < 1.29 is 19.0 Å². The van der Waals surface area contributed by atoms with E-state index in [0.717, 1.165) is 21.8 Å². The number of H-pyrrole nitrogens is 1. The van der Waals surface area contributed by atoms with Crippen molar-refractivity contribution in [2.45, 2.75) is 13.5 Å². The molecule has 3 aromatic heterocycles. The summed E-state index contributed by atoms with van der Waals surface area (Å²) in [5.41, 5.74) is 2.46. The highest BCUT2D eigenvalue weighted by Gasteiger charge is 2.22. The monoisotopic (exact) mass is 411 g/mol. The highest BCUT2D eigenvalue weighted by molar-refractivity contribution is 6.30. The first-order valence-electron chi connectivity index (χ1n) is 9.00. The van der Waals surface area contributed by atoms with Crippen molar-refractivity contribution >= 4 is 39.4 Å². The summed E-state index contributed by atoms with van der Waals surface area (Å²) >= 11 is 5.91. The molecule has 4 aromatic rings. The van der Waals surface area contributed by atoms with Crippen LogP contribution in [-0.2, 0) is 16.1 Å². The number of methoxy groups -OCH3 is 1. The van der Waals surface area contributed by atoms with Gasteiger partial charge in [0.1, 0.15) is 5.75 Å². The maximum atomic E-state index is 12.4. The van der Waals surface area contributed by atoms with Gasteiger partial charge in [0.15, 0.2) is 5.69 Å². The highest BCUT2D eigenvalue weighted by Crippen LogP contribution is 2.38. The lowest BCUT2D eigenvalue weighted by atomic mass is 10.1. The van der Waals surface area contributed by atoms with E-state index in [1.807, 2.05) is 18.2 Å². The number of nitrogens with zero attached hydrogens (tertiary/aromatic N) is 2. The number of benzene rings is 1. The quantitative estimate of drug-likeness (QED) is 0.455. The van der Waals surface area contributed by atoms with Crippen molar-refractivity contribution in [2.75, 3.05) is 13.7 Å². The largest absolute Gasteiger partial charge is 0.461 e. The number of ether oxygens (including phenoxy) is 3. The van der Waals surface area contributed by atoms with Crippen LogP contribution in [0, 0.1) is 0 Å². The first-order chi connectivity index (χ1) is 14.1. The SMILES string of the molecule is CCOC(=O)c1ncc2[nH]c3cccc(Oc4ccc(Cl)cn4)c3c2c1COC. The summed E-state index contributed by atoms with van der Waals surface area (Å²) in [5, 5.41) is 2.12. The summed E-state index contributed by atoms with van der Waals surface area (Å²) in [7, 11) is 1.57. The second-order valence-corrected chi connectivity index (χ2v) is 6.68. The van der Waals surface area contributed by atoms with Crippen molar-refractivity contribution in [2.24, 2.45) is 0 Å². The van der Waals surface area contributed by atoms with Crippen molar-refractivity contribution in [1.29, 1.82) is 0 Å². The van der Waals surface area contributed by atoms with Gasteiger partial charge in [-0.2, -0.15) is 0 Å². The fourth-order valence-electron chi connectivity index (χ4n) is 3.25. The van der Waals surface area contributed by atoms with Crippen LogP contribution in [0.5, 0.6) is 11.6 Å². The Morgan fingerprint density at radius 3 is 2.69 bits per heavy atom. The number of pyridine rings is 2. The molecule has 29 heavy (non-hydrogen) atoms. The number of aromatic amines is 1. The maximum absolute atomic E-state index is 12.4. The number of aromatic nitrogens is 3. The lowest BCUT2D eigenvalue weighted by Crippen LogP contribution is -2.11. The van der Waals surface area contributed by atoms with Crippen molar-refractivity contribution in [3.8, 4) is 11.6 Å². The standard InChI is InChI=1S/C21H18ClN3O4/c1-3-28-21(26)20-13(11-27-2)18-15(10-24-20)25-14-5-4-6-16(19(14)18)29-17-8-7-12(22)9-23-17/h4-10,25H,3,11H2,1-2H3. The molecule has 3 heterocycles. The van der Waals surface area contributed by atoms with Crippen LogP contribution < -0.4 is 4.74 Å². The normalized spacial score (nSPS) is 11.1. The van der Waals surface area contributed by atoms with Crippen LogP contribution in [0.15, 0.2) is 42.7 Å². The third kappa shape index (κ3) is 3.62. The fraction of sp³-hybridized carbons (Fsp3) is 0.190. The molecule has 0 saturated carbocycles. The van der Waals surface area contributed by atoms with Gasteiger partial charge in [0, 0.05) is 30.3 Å². The number of fused-ring (bicyclic) bond motifs is 3. The van der Waals surface area contributed by atoms with E-state index >= 15 is 0 Å². The Hall–Kier alpha value is -3.16. The Labute approximate surface area is 171 Å². The topological polar surface area (TPSA) is 86.3 Å². The van der Waals surface area contributed by atoms with E-state index in [9.17, 15) is 4.79 Å². The molecule has 0 aliphatic heterocycles. The van der Waals surface area contributed by atoms with Gasteiger partial charge >= 0.3 is 5.97 Å². The molecule has 7 nitrogen and oxygen atoms in total. The number of hydrogen-bond acceptors (Lipinski definition) is 6. The number of nitrogens with one attached hydrogen (secondary N) is 1. The lowest BCUT2D eigenvalue weighted by Gasteiger charge is -2.11. The summed E-state index contributed by atoms with van der Waals surface area (Å²) in [5.74, 6) is 0.500. The number of carbonyl (C=O) groups excluding carboxylic acids is 1.